The highest BCUT2D eigenvalue weighted by Crippen LogP contribution is 2.26. The molecule has 684 valence electrons. The van der Waals surface area contributed by atoms with Crippen LogP contribution in [-0.2, 0) is 54.7 Å². The summed E-state index contributed by atoms with van der Waals surface area (Å²) in [6.45, 7) is 45.1. The van der Waals surface area contributed by atoms with Crippen LogP contribution in [0.15, 0.2) is 127 Å². The van der Waals surface area contributed by atoms with Crippen LogP contribution >= 0.6 is 74.8 Å². The van der Waals surface area contributed by atoms with Crippen molar-refractivity contribution in [3.8, 4) is 0 Å². The number of hydrogen-bond donors (Lipinski definition) is 8. The number of amides is 3. The van der Waals surface area contributed by atoms with Crippen molar-refractivity contribution >= 4 is 185 Å². The van der Waals surface area contributed by atoms with E-state index in [-0.39, 0.29) is 11.5 Å². The summed E-state index contributed by atoms with van der Waals surface area (Å²) in [5, 5.41) is 19.9. The predicted octanol–water partition coefficient (Wildman–Crippen LogP) is 20.4. The van der Waals surface area contributed by atoms with Gasteiger partial charge in [0.05, 0.1) is 27.3 Å². The van der Waals surface area contributed by atoms with E-state index in [1.54, 1.807) is 86.0 Å². The number of carbonyl (C=O) groups is 7. The molecule has 0 saturated carbocycles. The van der Waals surface area contributed by atoms with Gasteiger partial charge in [0.2, 0.25) is 6.29 Å². The Hall–Kier alpha value is -7.14. The maximum atomic E-state index is 11.9. The van der Waals surface area contributed by atoms with E-state index in [4.69, 9.17) is 62.9 Å². The first-order valence-electron chi connectivity index (χ1n) is 38.0. The number of hydrogen-bond acceptors (Lipinski definition) is 21. The van der Waals surface area contributed by atoms with Crippen LogP contribution in [0.2, 0.25) is 58.9 Å². The van der Waals surface area contributed by atoms with Gasteiger partial charge in [-0.05, 0) is 305 Å². The minimum atomic E-state index is -4.64. The number of nitrogens with two attached hydrogens (primary N) is 4. The number of benzene rings is 6. The first-order valence-corrected chi connectivity index (χ1v) is 52.7. The maximum absolute atomic E-state index is 11.9. The SMILES string of the molecule is CC(C)(C)OC(=O)OC(=O)OC(C)(C)C.CN(C)C(=O)c1cc(N)ccc1Br.CN(C)Cc1cc(N)ccc1Br.CN(C)Cc1cc(N)ccc1[Si](C)(C)C.CN(C)Cc1cc(NC(=O)OC(C)(C)C)ccc1Br.CN(C)Cc1cc(NC(=O)OC(C)(C)C)ccc1[Si](C)(C)C.CNC.C[Si](C)(C)Cl.Nc1ccc(Br)c(C(=O)O)c1.O=CC(F)(F)F. The average molecular weight is 2030 g/mol. The number of anilines is 6. The summed E-state index contributed by atoms with van der Waals surface area (Å²) in [6, 6.07) is 33.9. The molecule has 6 aromatic rings. The van der Waals surface area contributed by atoms with Gasteiger partial charge in [0, 0.05) is 92.3 Å². The molecule has 0 aromatic heterocycles. The number of aromatic carboxylic acids is 1. The van der Waals surface area contributed by atoms with Gasteiger partial charge in [-0.25, -0.2) is 24.0 Å². The van der Waals surface area contributed by atoms with Crippen molar-refractivity contribution in [1.82, 2.24) is 29.8 Å². The van der Waals surface area contributed by atoms with Gasteiger partial charge in [-0.3, -0.25) is 20.2 Å². The van der Waals surface area contributed by atoms with Gasteiger partial charge in [-0.2, -0.15) is 24.3 Å². The molecule has 12 N–H and O–H groups in total. The second kappa shape index (κ2) is 56.0. The summed E-state index contributed by atoms with van der Waals surface area (Å²) in [4.78, 5) is 86.4. The van der Waals surface area contributed by atoms with Crippen LogP contribution in [0.4, 0.5) is 66.5 Å². The smallest absolute Gasteiger partial charge is 0.478 e. The molecule has 0 saturated heterocycles. The van der Waals surface area contributed by atoms with Crippen LogP contribution in [0.3, 0.4) is 0 Å². The highest BCUT2D eigenvalue weighted by atomic mass is 79.9. The van der Waals surface area contributed by atoms with Crippen molar-refractivity contribution in [2.45, 2.75) is 197 Å². The average Bonchev–Trinajstić information content (AvgIpc) is 0.803. The fourth-order valence-electron chi connectivity index (χ4n) is 8.97. The third kappa shape index (κ3) is 65.2. The van der Waals surface area contributed by atoms with Gasteiger partial charge in [-0.15, -0.1) is 0 Å². The third-order valence-electron chi connectivity index (χ3n) is 13.1. The molecule has 0 atom stereocenters. The minimum absolute atomic E-state index is 0.0563. The lowest BCUT2D eigenvalue weighted by molar-refractivity contribution is -0.156. The Kier molecular flexibility index (Phi) is 55.6. The summed E-state index contributed by atoms with van der Waals surface area (Å²) >= 11 is 19.0. The second-order valence-electron chi connectivity index (χ2n) is 35.4. The first kappa shape index (κ1) is 120. The quantitative estimate of drug-likeness (QED) is 0.00955. The van der Waals surface area contributed by atoms with Gasteiger partial charge in [-0.1, -0.05) is 113 Å². The van der Waals surface area contributed by atoms with Crippen molar-refractivity contribution in [2.75, 3.05) is 118 Å². The lowest BCUT2D eigenvalue weighted by Gasteiger charge is -2.24. The first-order chi connectivity index (χ1) is 54.5. The molecule has 0 aliphatic carbocycles. The Labute approximate surface area is 760 Å². The van der Waals surface area contributed by atoms with E-state index in [2.05, 4.69) is 215 Å². The number of rotatable bonds is 14. The minimum Gasteiger partial charge on any atom is -0.478 e. The Bertz CT molecular complexity index is 4150. The summed E-state index contributed by atoms with van der Waals surface area (Å²) in [5.41, 5.74) is 30.1. The van der Waals surface area contributed by atoms with E-state index in [1.165, 1.54) is 38.0 Å². The standard InChI is InChI=1S/C17H30N2O2Si.C14H21BrN2O2.C12H22N2Si.C10H18O5.C9H11BrN2O.C9H13BrN2.C7H6BrNO2.C3H9ClSi.C2HF3O.C2H7N/c1-17(2,3)21-16(20)18-14-9-10-15(22(6,7)8)13(11-14)12-19(4)5;1-14(2,3)19-13(18)16-11-6-7-12(15)10(8-11)9-17(4)5;1-14(2)9-10-8-11(13)6-7-12(10)15(3,4)5;1-9(2,3)14-7(11)13-8(12)15-10(4,5)6;1-12(2)9(13)7-5-6(11)3-4-8(7)10;1-12(2)6-7-5-8(11)3-4-9(7)10;8-6-2-1-4(9)3-5(6)7(10)11;1-5(2,3)4;3-2(4,5)1-6;1-3-2/h9-11H,12H2,1-8H3,(H,18,20);6-8H,9H2,1-5H3,(H,16,18);6-8H,9,13H2,1-5H3;1-6H3;3-5H,11H2,1-2H3;3-5H,6,11H2,1-2H3;1-3H,9H2,(H,10,11);1-3H3;1H;3H,1-2H3. The van der Waals surface area contributed by atoms with Gasteiger partial charge in [0.15, 0.2) is 0 Å². The van der Waals surface area contributed by atoms with E-state index in [1.807, 2.05) is 132 Å². The van der Waals surface area contributed by atoms with E-state index in [9.17, 15) is 41.9 Å². The molecule has 0 fully saturated rings. The summed E-state index contributed by atoms with van der Waals surface area (Å²) in [7, 11) is 19.7. The molecule has 25 nitrogen and oxygen atoms in total. The molecule has 0 heterocycles. The van der Waals surface area contributed by atoms with Gasteiger partial charge in [0.25, 0.3) is 5.91 Å². The van der Waals surface area contributed by atoms with Crippen molar-refractivity contribution in [2.24, 2.45) is 0 Å². The molecule has 121 heavy (non-hydrogen) atoms. The van der Waals surface area contributed by atoms with Gasteiger partial charge in [0.1, 0.15) is 29.8 Å². The molecule has 0 unspecified atom stereocenters. The zero-order valence-electron chi connectivity index (χ0n) is 77.2. The van der Waals surface area contributed by atoms with Crippen molar-refractivity contribution in [1.29, 1.82) is 0 Å². The van der Waals surface area contributed by atoms with E-state index < -0.39 is 88.9 Å². The van der Waals surface area contributed by atoms with Gasteiger partial charge >= 0.3 is 36.6 Å². The largest absolute Gasteiger partial charge is 0.519 e. The summed E-state index contributed by atoms with van der Waals surface area (Å²) in [5.74, 6) is -1.04. The van der Waals surface area contributed by atoms with E-state index in [0.29, 0.717) is 21.4 Å². The number of halogens is 8. The molecule has 0 spiro atoms. The second-order valence-corrected chi connectivity index (χ2v) is 56.4. The molecule has 6 aromatic carbocycles. The highest BCUT2D eigenvalue weighted by Gasteiger charge is 2.28. The molecular formula is C85H138Br4ClF3N12O13Si3. The Balaban J connectivity index is -0.000000648. The Morgan fingerprint density at radius 1 is 0.430 bits per heavy atom. The number of nitrogens with zero attached hydrogens (tertiary/aromatic N) is 5. The molecule has 0 bridgehead atoms. The number of aldehydes is 1. The lowest BCUT2D eigenvalue weighted by Crippen LogP contribution is -2.41. The predicted molar refractivity (Wildman–Crippen MR) is 517 cm³/mol. The molecule has 0 aliphatic rings. The molecule has 0 radical (unpaired) electrons. The molecule has 6 rings (SSSR count). The monoisotopic (exact) mass is 2030 g/mol. The van der Waals surface area contributed by atoms with Gasteiger partial charge < -0.3 is 81.5 Å². The molecule has 3 amide bonds. The number of carbonyl (C=O) groups excluding carboxylic acids is 6. The maximum Gasteiger partial charge on any atom is 0.519 e. The van der Waals surface area contributed by atoms with Crippen LogP contribution in [0, 0.1) is 0 Å². The Morgan fingerprint density at radius 2 is 0.678 bits per heavy atom. The summed E-state index contributed by atoms with van der Waals surface area (Å²) < 4.78 is 59.0. The van der Waals surface area contributed by atoms with Crippen LogP contribution in [0.25, 0.3) is 0 Å². The van der Waals surface area contributed by atoms with Crippen LogP contribution in [0.1, 0.15) is 126 Å². The Morgan fingerprint density at radius 3 is 0.975 bits per heavy atom. The van der Waals surface area contributed by atoms with Crippen molar-refractivity contribution in [3.05, 3.63) is 160 Å². The van der Waals surface area contributed by atoms with E-state index in [0.717, 1.165) is 67.9 Å². The third-order valence-corrected chi connectivity index (χ3v) is 20.3. The molecule has 0 aliphatic heterocycles. The zero-order valence-corrected chi connectivity index (χ0v) is 87.3. The number of carboxylic acids is 1. The summed E-state index contributed by atoms with van der Waals surface area (Å²) in [6.07, 6.45) is -8.67. The fourth-order valence-corrected chi connectivity index (χ4v) is 13.9. The van der Waals surface area contributed by atoms with Crippen LogP contribution in [0.5, 0.6) is 0 Å². The molecule has 36 heteroatoms. The molecular weight excluding hydrogens is 1890 g/mol. The van der Waals surface area contributed by atoms with Crippen LogP contribution in [-0.4, -0.2) is 209 Å². The lowest BCUT2D eigenvalue weighted by atomic mass is 10.2. The van der Waals surface area contributed by atoms with E-state index >= 15 is 0 Å². The fraction of sp³-hybridized carbons (Fsp3) is 0.494. The van der Waals surface area contributed by atoms with Crippen molar-refractivity contribution in [3.63, 3.8) is 0 Å². The number of nitrogen functional groups attached to an aromatic ring is 4. The topological polar surface area (TPSA) is 342 Å². The highest BCUT2D eigenvalue weighted by molar-refractivity contribution is 9.11. The number of carboxylic acid groups (broad SMARTS) is 1. The van der Waals surface area contributed by atoms with Crippen LogP contribution < -0.4 is 49.3 Å². The number of alkyl halides is 3. The number of nitrogens with one attached hydrogen (secondary N) is 3. The zero-order chi connectivity index (χ0) is 95.7. The van der Waals surface area contributed by atoms with Crippen molar-refractivity contribution < 1.29 is 75.5 Å². The number of ether oxygens (including phenoxy) is 5. The normalized spacial score (nSPS) is 11.2.